The lowest BCUT2D eigenvalue weighted by Crippen LogP contribution is -2.45. The van der Waals surface area contributed by atoms with Gasteiger partial charge in [-0.2, -0.15) is 0 Å². The summed E-state index contributed by atoms with van der Waals surface area (Å²) >= 11 is 0. The minimum atomic E-state index is -0.501. The van der Waals surface area contributed by atoms with Crippen LogP contribution in [0, 0.1) is 11.8 Å². The van der Waals surface area contributed by atoms with Crippen molar-refractivity contribution in [2.75, 3.05) is 33.8 Å². The first-order valence-electron chi connectivity index (χ1n) is 7.43. The quantitative estimate of drug-likeness (QED) is 0.800. The van der Waals surface area contributed by atoms with Crippen LogP contribution in [0.3, 0.4) is 0 Å². The molecule has 0 aliphatic carbocycles. The smallest absolute Gasteiger partial charge is 0.407 e. The maximum Gasteiger partial charge on any atom is 0.407 e. The molecule has 0 saturated carbocycles. The fourth-order valence-electron chi connectivity index (χ4n) is 2.59. The van der Waals surface area contributed by atoms with Crippen molar-refractivity contribution >= 4 is 12.1 Å². The molecular formula is C15H28N2O4. The fraction of sp³-hybridized carbons (Fsp3) is 0.867. The topological polar surface area (TPSA) is 67.9 Å². The average molecular weight is 300 g/mol. The van der Waals surface area contributed by atoms with Gasteiger partial charge >= 0.3 is 12.1 Å². The first-order chi connectivity index (χ1) is 9.71. The zero-order chi connectivity index (χ0) is 16.0. The van der Waals surface area contributed by atoms with Crippen molar-refractivity contribution in [3.05, 3.63) is 0 Å². The maximum absolute atomic E-state index is 11.7. The second-order valence-corrected chi connectivity index (χ2v) is 6.73. The molecule has 0 unspecified atom stereocenters. The number of nitrogens with one attached hydrogen (secondary N) is 1. The highest BCUT2D eigenvalue weighted by Crippen LogP contribution is 2.26. The summed E-state index contributed by atoms with van der Waals surface area (Å²) in [4.78, 5) is 25.4. The van der Waals surface area contributed by atoms with E-state index in [2.05, 4.69) is 17.3 Å². The van der Waals surface area contributed by atoms with E-state index < -0.39 is 11.7 Å². The Labute approximate surface area is 127 Å². The van der Waals surface area contributed by atoms with Crippen molar-refractivity contribution in [2.24, 2.45) is 11.8 Å². The summed E-state index contributed by atoms with van der Waals surface area (Å²) in [7, 11) is 3.46. The molecule has 0 spiro atoms. The Bertz CT molecular complexity index is 365. The van der Waals surface area contributed by atoms with Gasteiger partial charge < -0.3 is 19.7 Å². The van der Waals surface area contributed by atoms with Crippen molar-refractivity contribution in [3.63, 3.8) is 0 Å². The third-order valence-electron chi connectivity index (χ3n) is 3.66. The Morgan fingerprint density at radius 2 is 1.95 bits per heavy atom. The molecule has 0 aromatic heterocycles. The van der Waals surface area contributed by atoms with Crippen LogP contribution in [-0.4, -0.2) is 56.4 Å². The number of alkyl carbamates (subject to hydrolysis) is 1. The Balaban J connectivity index is 2.51. The molecule has 1 heterocycles. The number of esters is 1. The van der Waals surface area contributed by atoms with E-state index in [1.54, 1.807) is 0 Å². The maximum atomic E-state index is 11.7. The van der Waals surface area contributed by atoms with E-state index in [0.717, 1.165) is 19.5 Å². The third kappa shape index (κ3) is 6.80. The molecular weight excluding hydrogens is 272 g/mol. The standard InChI is InChI=1S/C15H28N2O4/c1-15(2,3)21-14(19)16-9-12-10-17(4)7-6-11(12)8-13(18)20-5/h11-12H,6-10H2,1-5H3,(H,16,19)/t11-,12+/m0/s1. The number of rotatable bonds is 4. The third-order valence-corrected chi connectivity index (χ3v) is 3.66. The van der Waals surface area contributed by atoms with Crippen LogP contribution in [0.15, 0.2) is 0 Å². The van der Waals surface area contributed by atoms with Gasteiger partial charge in [0.2, 0.25) is 0 Å². The second-order valence-electron chi connectivity index (χ2n) is 6.73. The Kier molecular flexibility index (Phi) is 6.45. The number of carbonyl (C=O) groups is 2. The van der Waals surface area contributed by atoms with Crippen LogP contribution in [0.25, 0.3) is 0 Å². The zero-order valence-electron chi connectivity index (χ0n) is 13.8. The lowest BCUT2D eigenvalue weighted by atomic mass is 9.83. The molecule has 1 aliphatic rings. The summed E-state index contributed by atoms with van der Waals surface area (Å²) in [5.41, 5.74) is -0.501. The zero-order valence-corrected chi connectivity index (χ0v) is 13.8. The monoisotopic (exact) mass is 300 g/mol. The van der Waals surface area contributed by atoms with Gasteiger partial charge in [0, 0.05) is 19.5 Å². The Hall–Kier alpha value is -1.30. The first kappa shape index (κ1) is 17.8. The minimum absolute atomic E-state index is 0.188. The highest BCUT2D eigenvalue weighted by Gasteiger charge is 2.30. The van der Waals surface area contributed by atoms with E-state index in [1.165, 1.54) is 7.11 Å². The number of likely N-dealkylation sites (tertiary alicyclic amines) is 1. The first-order valence-corrected chi connectivity index (χ1v) is 7.43. The molecule has 1 N–H and O–H groups in total. The van der Waals surface area contributed by atoms with E-state index in [4.69, 9.17) is 9.47 Å². The summed E-state index contributed by atoms with van der Waals surface area (Å²) in [5.74, 6) is 0.283. The van der Waals surface area contributed by atoms with Crippen molar-refractivity contribution in [3.8, 4) is 0 Å². The summed E-state index contributed by atoms with van der Waals surface area (Å²) in [5, 5.41) is 2.81. The van der Waals surface area contributed by atoms with Gasteiger partial charge in [-0.1, -0.05) is 0 Å². The van der Waals surface area contributed by atoms with E-state index in [9.17, 15) is 9.59 Å². The Morgan fingerprint density at radius 1 is 1.29 bits per heavy atom. The molecule has 0 bridgehead atoms. The second kappa shape index (κ2) is 7.64. The normalized spacial score (nSPS) is 23.5. The molecule has 0 aromatic rings. The van der Waals surface area contributed by atoms with Gasteiger partial charge in [0.05, 0.1) is 7.11 Å². The number of nitrogens with zero attached hydrogens (tertiary/aromatic N) is 1. The predicted molar refractivity (Wildman–Crippen MR) is 80.0 cm³/mol. The number of methoxy groups -OCH3 is 1. The van der Waals surface area contributed by atoms with E-state index in [1.807, 2.05) is 20.8 Å². The summed E-state index contributed by atoms with van der Waals surface area (Å²) in [6, 6.07) is 0. The van der Waals surface area contributed by atoms with E-state index in [0.29, 0.717) is 13.0 Å². The Morgan fingerprint density at radius 3 is 2.52 bits per heavy atom. The van der Waals surface area contributed by atoms with Crippen LogP contribution in [0.5, 0.6) is 0 Å². The van der Waals surface area contributed by atoms with Gasteiger partial charge in [0.1, 0.15) is 5.60 Å². The molecule has 0 aromatic carbocycles. The molecule has 6 heteroatoms. The van der Waals surface area contributed by atoms with E-state index >= 15 is 0 Å². The highest BCUT2D eigenvalue weighted by molar-refractivity contribution is 5.69. The SMILES string of the molecule is COC(=O)C[C@@H]1CCN(C)C[C@H]1CNC(=O)OC(C)(C)C. The molecule has 1 saturated heterocycles. The van der Waals surface area contributed by atoms with Crippen LogP contribution in [-0.2, 0) is 14.3 Å². The van der Waals surface area contributed by atoms with Gasteiger partial charge in [-0.15, -0.1) is 0 Å². The van der Waals surface area contributed by atoms with Gasteiger partial charge in [-0.25, -0.2) is 4.79 Å². The number of hydrogen-bond acceptors (Lipinski definition) is 5. The molecule has 1 aliphatic heterocycles. The molecule has 21 heavy (non-hydrogen) atoms. The average Bonchev–Trinajstić information content (AvgIpc) is 2.36. The van der Waals surface area contributed by atoms with Crippen LogP contribution in [0.1, 0.15) is 33.6 Å². The fourth-order valence-corrected chi connectivity index (χ4v) is 2.59. The number of ether oxygens (including phenoxy) is 2. The molecule has 2 atom stereocenters. The lowest BCUT2D eigenvalue weighted by Gasteiger charge is -2.36. The number of amides is 1. The molecule has 6 nitrogen and oxygen atoms in total. The molecule has 0 radical (unpaired) electrons. The minimum Gasteiger partial charge on any atom is -0.469 e. The summed E-state index contributed by atoms with van der Waals surface area (Å²) in [6.07, 6.45) is 0.935. The molecule has 1 fully saturated rings. The van der Waals surface area contributed by atoms with Crippen molar-refractivity contribution in [1.82, 2.24) is 10.2 Å². The largest absolute Gasteiger partial charge is 0.469 e. The van der Waals surface area contributed by atoms with Crippen molar-refractivity contribution in [1.29, 1.82) is 0 Å². The van der Waals surface area contributed by atoms with Crippen LogP contribution in [0.4, 0.5) is 4.79 Å². The lowest BCUT2D eigenvalue weighted by molar-refractivity contribution is -0.142. The van der Waals surface area contributed by atoms with Gasteiger partial charge in [0.25, 0.3) is 0 Å². The van der Waals surface area contributed by atoms with Gasteiger partial charge in [0.15, 0.2) is 0 Å². The van der Waals surface area contributed by atoms with Crippen LogP contribution >= 0.6 is 0 Å². The summed E-state index contributed by atoms with van der Waals surface area (Å²) < 4.78 is 9.99. The molecule has 122 valence electrons. The number of carbonyl (C=O) groups excluding carboxylic acids is 2. The van der Waals surface area contributed by atoms with Gasteiger partial charge in [-0.3, -0.25) is 4.79 Å². The highest BCUT2D eigenvalue weighted by atomic mass is 16.6. The summed E-state index contributed by atoms with van der Waals surface area (Å²) in [6.45, 7) is 7.84. The van der Waals surface area contributed by atoms with Gasteiger partial charge in [-0.05, 0) is 52.6 Å². The van der Waals surface area contributed by atoms with Crippen LogP contribution in [0.2, 0.25) is 0 Å². The van der Waals surface area contributed by atoms with E-state index in [-0.39, 0.29) is 17.8 Å². The molecule has 1 rings (SSSR count). The predicted octanol–water partition coefficient (Wildman–Crippen LogP) is 1.64. The number of hydrogen-bond donors (Lipinski definition) is 1. The van der Waals surface area contributed by atoms with Crippen molar-refractivity contribution in [2.45, 2.75) is 39.2 Å². The number of piperidine rings is 1. The van der Waals surface area contributed by atoms with Crippen LogP contribution < -0.4 is 5.32 Å². The molecule has 1 amide bonds. The van der Waals surface area contributed by atoms with Crippen molar-refractivity contribution < 1.29 is 19.1 Å².